The zero-order valence-electron chi connectivity index (χ0n) is 10.2. The normalized spacial score (nSPS) is 19.4. The summed E-state index contributed by atoms with van der Waals surface area (Å²) in [6, 6.07) is 0. The average Bonchev–Trinajstić information content (AvgIpc) is 2.29. The third-order valence-corrected chi connectivity index (χ3v) is 4.99. The maximum absolute atomic E-state index is 11.9. The molecule has 0 aromatic heterocycles. The van der Waals surface area contributed by atoms with E-state index >= 15 is 0 Å². The second-order valence-corrected chi connectivity index (χ2v) is 6.38. The van der Waals surface area contributed by atoms with Crippen LogP contribution in [0.4, 0.5) is 0 Å². The SMILES string of the molecule is COCCCS(=O)(=O)N1CCC(C(=N)N)CC1. The van der Waals surface area contributed by atoms with Gasteiger partial charge in [0.1, 0.15) is 0 Å². The van der Waals surface area contributed by atoms with Gasteiger partial charge in [-0.1, -0.05) is 0 Å². The van der Waals surface area contributed by atoms with Gasteiger partial charge in [-0.3, -0.25) is 5.41 Å². The fourth-order valence-electron chi connectivity index (χ4n) is 1.96. The monoisotopic (exact) mass is 263 g/mol. The van der Waals surface area contributed by atoms with Gasteiger partial charge in [0.25, 0.3) is 0 Å². The molecule has 1 heterocycles. The highest BCUT2D eigenvalue weighted by Crippen LogP contribution is 2.19. The predicted molar refractivity (Wildman–Crippen MR) is 66.5 cm³/mol. The van der Waals surface area contributed by atoms with Crippen LogP contribution in [0.2, 0.25) is 0 Å². The smallest absolute Gasteiger partial charge is 0.214 e. The summed E-state index contributed by atoms with van der Waals surface area (Å²) in [6.07, 6.45) is 1.82. The van der Waals surface area contributed by atoms with E-state index < -0.39 is 10.0 Å². The van der Waals surface area contributed by atoms with Gasteiger partial charge >= 0.3 is 0 Å². The van der Waals surface area contributed by atoms with E-state index in [9.17, 15) is 8.42 Å². The summed E-state index contributed by atoms with van der Waals surface area (Å²) >= 11 is 0. The van der Waals surface area contributed by atoms with Gasteiger partial charge in [0.15, 0.2) is 0 Å². The Bertz CT molecular complexity index is 348. The first kappa shape index (κ1) is 14.4. The molecule has 17 heavy (non-hydrogen) atoms. The number of rotatable bonds is 6. The van der Waals surface area contributed by atoms with Gasteiger partial charge in [-0.25, -0.2) is 12.7 Å². The van der Waals surface area contributed by atoms with E-state index in [0.29, 0.717) is 39.0 Å². The number of sulfonamides is 1. The van der Waals surface area contributed by atoms with Crippen LogP contribution in [0.25, 0.3) is 0 Å². The molecule has 1 rings (SSSR count). The lowest BCUT2D eigenvalue weighted by Gasteiger charge is -2.30. The van der Waals surface area contributed by atoms with Crippen molar-refractivity contribution in [1.29, 1.82) is 5.41 Å². The number of ether oxygens (including phenoxy) is 1. The van der Waals surface area contributed by atoms with Gasteiger partial charge < -0.3 is 10.5 Å². The van der Waals surface area contributed by atoms with Crippen LogP contribution in [0.3, 0.4) is 0 Å². The Labute approximate surface area is 103 Å². The topological polar surface area (TPSA) is 96.5 Å². The number of hydrogen-bond acceptors (Lipinski definition) is 4. The van der Waals surface area contributed by atoms with Crippen LogP contribution in [0, 0.1) is 11.3 Å². The first-order valence-electron chi connectivity index (χ1n) is 5.78. The van der Waals surface area contributed by atoms with Crippen molar-refractivity contribution in [1.82, 2.24) is 4.31 Å². The Hall–Kier alpha value is -0.660. The summed E-state index contributed by atoms with van der Waals surface area (Å²) in [7, 11) is -1.60. The number of hydrogen-bond donors (Lipinski definition) is 2. The molecule has 1 fully saturated rings. The Morgan fingerprint density at radius 3 is 2.53 bits per heavy atom. The van der Waals surface area contributed by atoms with E-state index in [2.05, 4.69) is 0 Å². The molecule has 6 nitrogen and oxygen atoms in total. The zero-order chi connectivity index (χ0) is 12.9. The molecule has 1 saturated heterocycles. The molecule has 0 atom stereocenters. The van der Waals surface area contributed by atoms with Crippen molar-refractivity contribution in [3.8, 4) is 0 Å². The minimum Gasteiger partial charge on any atom is -0.387 e. The Morgan fingerprint density at radius 1 is 1.47 bits per heavy atom. The Morgan fingerprint density at radius 2 is 2.06 bits per heavy atom. The van der Waals surface area contributed by atoms with Crippen molar-refractivity contribution in [2.24, 2.45) is 11.7 Å². The Balaban J connectivity index is 2.44. The fraction of sp³-hybridized carbons (Fsp3) is 0.900. The lowest BCUT2D eigenvalue weighted by Crippen LogP contribution is -2.42. The molecule has 0 aromatic carbocycles. The van der Waals surface area contributed by atoms with E-state index in [4.69, 9.17) is 15.9 Å². The molecule has 0 aliphatic carbocycles. The zero-order valence-corrected chi connectivity index (χ0v) is 11.0. The summed E-state index contributed by atoms with van der Waals surface area (Å²) in [4.78, 5) is 0. The Kier molecular flexibility index (Phi) is 5.35. The van der Waals surface area contributed by atoms with Gasteiger partial charge in [-0.15, -0.1) is 0 Å². The lowest BCUT2D eigenvalue weighted by molar-refractivity contribution is 0.199. The molecule has 3 N–H and O–H groups in total. The number of piperidine rings is 1. The van der Waals surface area contributed by atoms with Crippen LogP contribution in [0.1, 0.15) is 19.3 Å². The van der Waals surface area contributed by atoms with Gasteiger partial charge in [0.2, 0.25) is 10.0 Å². The lowest BCUT2D eigenvalue weighted by atomic mass is 9.97. The van der Waals surface area contributed by atoms with Crippen LogP contribution >= 0.6 is 0 Å². The van der Waals surface area contributed by atoms with E-state index in [-0.39, 0.29) is 17.5 Å². The molecule has 0 saturated carbocycles. The van der Waals surface area contributed by atoms with E-state index in [1.807, 2.05) is 0 Å². The quantitative estimate of drug-likeness (QED) is 0.400. The van der Waals surface area contributed by atoms with Crippen molar-refractivity contribution in [3.05, 3.63) is 0 Å². The van der Waals surface area contributed by atoms with Gasteiger partial charge in [-0.2, -0.15) is 0 Å². The van der Waals surface area contributed by atoms with Crippen LogP contribution in [-0.4, -0.2) is 51.1 Å². The first-order chi connectivity index (χ1) is 7.97. The molecule has 7 heteroatoms. The van der Waals surface area contributed by atoms with Gasteiger partial charge in [0, 0.05) is 32.7 Å². The number of nitrogens with two attached hydrogens (primary N) is 1. The number of methoxy groups -OCH3 is 1. The van der Waals surface area contributed by atoms with Crippen molar-refractivity contribution in [3.63, 3.8) is 0 Å². The molecule has 0 bridgehead atoms. The molecule has 0 unspecified atom stereocenters. The van der Waals surface area contributed by atoms with E-state index in [0.717, 1.165) is 0 Å². The van der Waals surface area contributed by atoms with Gasteiger partial charge in [-0.05, 0) is 19.3 Å². The third-order valence-electron chi connectivity index (χ3n) is 3.04. The summed E-state index contributed by atoms with van der Waals surface area (Å²) in [5.41, 5.74) is 5.42. The summed E-state index contributed by atoms with van der Waals surface area (Å²) in [5.74, 6) is 0.341. The van der Waals surface area contributed by atoms with Crippen LogP contribution in [0.5, 0.6) is 0 Å². The van der Waals surface area contributed by atoms with E-state index in [1.165, 1.54) is 4.31 Å². The van der Waals surface area contributed by atoms with Crippen molar-refractivity contribution in [2.45, 2.75) is 19.3 Å². The molecular formula is C10H21N3O3S. The summed E-state index contributed by atoms with van der Waals surface area (Å²) in [6.45, 7) is 1.41. The molecule has 100 valence electrons. The highest BCUT2D eigenvalue weighted by Gasteiger charge is 2.28. The number of amidine groups is 1. The number of nitrogens with zero attached hydrogens (tertiary/aromatic N) is 1. The largest absolute Gasteiger partial charge is 0.387 e. The van der Waals surface area contributed by atoms with Crippen molar-refractivity contribution in [2.75, 3.05) is 32.6 Å². The first-order valence-corrected chi connectivity index (χ1v) is 7.39. The summed E-state index contributed by atoms with van der Waals surface area (Å²) < 4.78 is 30.2. The number of nitrogens with one attached hydrogen (secondary N) is 1. The van der Waals surface area contributed by atoms with Crippen molar-refractivity contribution < 1.29 is 13.2 Å². The molecule has 0 amide bonds. The minimum absolute atomic E-state index is 0.0421. The van der Waals surface area contributed by atoms with Crippen LogP contribution in [0.15, 0.2) is 0 Å². The van der Waals surface area contributed by atoms with Gasteiger partial charge in [0.05, 0.1) is 11.6 Å². The molecule has 1 aliphatic rings. The second kappa shape index (κ2) is 6.32. The molecular weight excluding hydrogens is 242 g/mol. The maximum Gasteiger partial charge on any atom is 0.214 e. The molecule has 0 spiro atoms. The molecule has 1 aliphatic heterocycles. The standard InChI is InChI=1S/C10H21N3O3S/c1-16-7-2-8-17(14,15)13-5-3-9(4-6-13)10(11)12/h9H,2-8H2,1H3,(H3,11,12). The highest BCUT2D eigenvalue weighted by molar-refractivity contribution is 7.89. The summed E-state index contributed by atoms with van der Waals surface area (Å²) in [5, 5.41) is 7.34. The average molecular weight is 263 g/mol. The highest BCUT2D eigenvalue weighted by atomic mass is 32.2. The fourth-order valence-corrected chi connectivity index (χ4v) is 3.47. The minimum atomic E-state index is -3.16. The molecule has 0 aromatic rings. The maximum atomic E-state index is 11.9. The molecule has 0 radical (unpaired) electrons. The van der Waals surface area contributed by atoms with E-state index in [1.54, 1.807) is 7.11 Å². The van der Waals surface area contributed by atoms with Crippen molar-refractivity contribution >= 4 is 15.9 Å². The predicted octanol–water partition coefficient (Wildman–Crippen LogP) is 0.000670. The second-order valence-electron chi connectivity index (χ2n) is 4.29. The van der Waals surface area contributed by atoms with Crippen LogP contribution < -0.4 is 5.73 Å². The van der Waals surface area contributed by atoms with Crippen LogP contribution in [-0.2, 0) is 14.8 Å². The third kappa shape index (κ3) is 4.25.